The molecule has 2 aromatic rings. The fourth-order valence-electron chi connectivity index (χ4n) is 2.49. The van der Waals surface area contributed by atoms with Crippen LogP contribution in [0.2, 0.25) is 0 Å². The predicted octanol–water partition coefficient (Wildman–Crippen LogP) is 0.341. The van der Waals surface area contributed by atoms with Gasteiger partial charge in [0, 0.05) is 6.54 Å². The molecule has 0 spiro atoms. The van der Waals surface area contributed by atoms with Crippen molar-refractivity contribution in [3.63, 3.8) is 0 Å². The molecule has 23 heavy (non-hydrogen) atoms. The topological polar surface area (TPSA) is 97.2 Å². The number of hydrogen-bond donors (Lipinski definition) is 1. The summed E-state index contributed by atoms with van der Waals surface area (Å²) in [4.78, 5) is 12.3. The molecule has 1 fully saturated rings. The Morgan fingerprint density at radius 2 is 1.87 bits per heavy atom. The molecule has 10 heteroatoms. The van der Waals surface area contributed by atoms with Crippen molar-refractivity contribution in [1.29, 1.82) is 0 Å². The van der Waals surface area contributed by atoms with Crippen molar-refractivity contribution in [3.05, 3.63) is 42.7 Å². The normalized spacial score (nSPS) is 18.9. The fourth-order valence-corrected chi connectivity index (χ4v) is 4.15. The van der Waals surface area contributed by atoms with E-state index in [1.54, 1.807) is 0 Å². The molecule has 1 aromatic carbocycles. The number of amides is 1. The first kappa shape index (κ1) is 15.6. The van der Waals surface area contributed by atoms with Gasteiger partial charge >= 0.3 is 0 Å². The highest BCUT2D eigenvalue weighted by Crippen LogP contribution is 2.26. The van der Waals surface area contributed by atoms with Crippen molar-refractivity contribution in [2.24, 2.45) is 0 Å². The van der Waals surface area contributed by atoms with E-state index < -0.39 is 27.8 Å². The number of nitrogens with one attached hydrogen (secondary N) is 1. The van der Waals surface area contributed by atoms with Crippen molar-refractivity contribution >= 4 is 15.9 Å². The summed E-state index contributed by atoms with van der Waals surface area (Å²) in [5, 5.41) is 7.11. The van der Waals surface area contributed by atoms with Crippen molar-refractivity contribution < 1.29 is 17.6 Å². The van der Waals surface area contributed by atoms with E-state index in [1.165, 1.54) is 29.5 Å². The van der Waals surface area contributed by atoms with Gasteiger partial charge in [-0.15, -0.1) is 10.2 Å². The van der Waals surface area contributed by atoms with Gasteiger partial charge in [-0.25, -0.2) is 17.5 Å². The van der Waals surface area contributed by atoms with Crippen LogP contribution in [0.5, 0.6) is 0 Å². The molecular formula is C13H14FN5O3S. The van der Waals surface area contributed by atoms with Crippen LogP contribution < -0.4 is 5.43 Å². The molecule has 8 nitrogen and oxygen atoms in total. The molecule has 1 aliphatic heterocycles. The van der Waals surface area contributed by atoms with Crippen LogP contribution in [0.15, 0.2) is 41.8 Å². The Hall–Kier alpha value is -2.33. The number of nitrogens with zero attached hydrogens (tertiary/aromatic N) is 4. The summed E-state index contributed by atoms with van der Waals surface area (Å²) in [6, 6.07) is 3.72. The fraction of sp³-hybridized carbons (Fsp3) is 0.308. The molecule has 0 bridgehead atoms. The van der Waals surface area contributed by atoms with Crippen LogP contribution in [-0.4, -0.2) is 46.1 Å². The van der Waals surface area contributed by atoms with Gasteiger partial charge in [0.25, 0.3) is 5.91 Å². The van der Waals surface area contributed by atoms with E-state index >= 15 is 0 Å². The number of hydrogen-bond acceptors (Lipinski definition) is 5. The third-order valence-corrected chi connectivity index (χ3v) is 5.51. The minimum atomic E-state index is -3.86. The maximum Gasteiger partial charge on any atom is 0.257 e. The number of carbonyl (C=O) groups is 1. The smallest absolute Gasteiger partial charge is 0.257 e. The molecular weight excluding hydrogens is 325 g/mol. The molecule has 122 valence electrons. The second kappa shape index (κ2) is 6.05. The van der Waals surface area contributed by atoms with Crippen LogP contribution in [0.4, 0.5) is 4.39 Å². The molecule has 2 heterocycles. The first-order valence-corrected chi connectivity index (χ1v) is 8.35. The first-order valence-electron chi connectivity index (χ1n) is 6.91. The van der Waals surface area contributed by atoms with Crippen LogP contribution in [-0.2, 0) is 14.8 Å². The van der Waals surface area contributed by atoms with Gasteiger partial charge in [0.1, 0.15) is 24.5 Å². The zero-order valence-electron chi connectivity index (χ0n) is 12.0. The second-order valence-corrected chi connectivity index (χ2v) is 6.96. The largest absolute Gasteiger partial charge is 0.271 e. The van der Waals surface area contributed by atoms with Gasteiger partial charge in [0.05, 0.1) is 4.90 Å². The number of aromatic nitrogens is 3. The molecule has 1 N–H and O–H groups in total. The summed E-state index contributed by atoms with van der Waals surface area (Å²) < 4.78 is 40.7. The van der Waals surface area contributed by atoms with Crippen LogP contribution >= 0.6 is 0 Å². The summed E-state index contributed by atoms with van der Waals surface area (Å²) in [6.07, 6.45) is 3.58. The Morgan fingerprint density at radius 1 is 1.22 bits per heavy atom. The van der Waals surface area contributed by atoms with Gasteiger partial charge in [0.15, 0.2) is 0 Å². The second-order valence-electron chi connectivity index (χ2n) is 5.07. The SMILES string of the molecule is O=C(Nn1cnnc1)[C@@H]1CCCN1S(=O)(=O)c1ccc(F)cc1. The number of rotatable bonds is 4. The van der Waals surface area contributed by atoms with Gasteiger partial charge in [0.2, 0.25) is 10.0 Å². The molecule has 0 unspecified atom stereocenters. The van der Waals surface area contributed by atoms with Crippen molar-refractivity contribution in [2.45, 2.75) is 23.8 Å². The highest BCUT2D eigenvalue weighted by molar-refractivity contribution is 7.89. The summed E-state index contributed by atoms with van der Waals surface area (Å²) in [5.41, 5.74) is 2.51. The van der Waals surface area contributed by atoms with E-state index in [0.717, 1.165) is 16.4 Å². The van der Waals surface area contributed by atoms with E-state index in [9.17, 15) is 17.6 Å². The maximum atomic E-state index is 13.0. The summed E-state index contributed by atoms with van der Waals surface area (Å²) >= 11 is 0. The third kappa shape index (κ3) is 3.08. The van der Waals surface area contributed by atoms with E-state index in [0.29, 0.717) is 12.8 Å². The minimum absolute atomic E-state index is 0.0390. The molecule has 0 aliphatic carbocycles. The van der Waals surface area contributed by atoms with Crippen LogP contribution in [0.25, 0.3) is 0 Å². The number of halogens is 1. The Kier molecular flexibility index (Phi) is 4.09. The van der Waals surface area contributed by atoms with E-state index in [4.69, 9.17) is 0 Å². The average Bonchev–Trinajstić information content (AvgIpc) is 3.19. The van der Waals surface area contributed by atoms with E-state index in [-0.39, 0.29) is 11.4 Å². The Bertz CT molecular complexity index is 792. The third-order valence-electron chi connectivity index (χ3n) is 3.58. The molecule has 0 radical (unpaired) electrons. The van der Waals surface area contributed by atoms with E-state index in [1.807, 2.05) is 0 Å². The lowest BCUT2D eigenvalue weighted by molar-refractivity contribution is -0.120. The molecule has 0 saturated carbocycles. The average molecular weight is 339 g/mol. The van der Waals surface area contributed by atoms with E-state index in [2.05, 4.69) is 15.6 Å². The maximum absolute atomic E-state index is 13.0. The van der Waals surface area contributed by atoms with Crippen molar-refractivity contribution in [3.8, 4) is 0 Å². The highest BCUT2D eigenvalue weighted by Gasteiger charge is 2.39. The lowest BCUT2D eigenvalue weighted by Crippen LogP contribution is -2.44. The van der Waals surface area contributed by atoms with Crippen molar-refractivity contribution in [1.82, 2.24) is 19.2 Å². The lowest BCUT2D eigenvalue weighted by Gasteiger charge is -2.23. The van der Waals surface area contributed by atoms with Gasteiger partial charge in [-0.2, -0.15) is 4.31 Å². The molecule has 3 rings (SSSR count). The number of carbonyl (C=O) groups excluding carboxylic acids is 1. The zero-order chi connectivity index (χ0) is 16.4. The van der Waals surface area contributed by atoms with Crippen LogP contribution in [0.1, 0.15) is 12.8 Å². The highest BCUT2D eigenvalue weighted by atomic mass is 32.2. The van der Waals surface area contributed by atoms with Crippen molar-refractivity contribution in [2.75, 3.05) is 12.0 Å². The molecule has 1 aromatic heterocycles. The predicted molar refractivity (Wildman–Crippen MR) is 77.7 cm³/mol. The molecule has 1 amide bonds. The Balaban J connectivity index is 1.83. The zero-order valence-corrected chi connectivity index (χ0v) is 12.8. The summed E-state index contributed by atoms with van der Waals surface area (Å²) in [6.45, 7) is 0.236. The van der Waals surface area contributed by atoms with Gasteiger partial charge < -0.3 is 0 Å². The summed E-state index contributed by atoms with van der Waals surface area (Å²) in [5.74, 6) is -0.986. The number of benzene rings is 1. The quantitative estimate of drug-likeness (QED) is 0.866. The molecule has 1 atom stereocenters. The van der Waals surface area contributed by atoms with Crippen LogP contribution in [0.3, 0.4) is 0 Å². The molecule has 1 saturated heterocycles. The number of sulfonamides is 1. The lowest BCUT2D eigenvalue weighted by atomic mass is 10.2. The Labute approximate surface area is 132 Å². The standard InChI is InChI=1S/C13H14FN5O3S/c14-10-3-5-11(6-4-10)23(21,22)19-7-1-2-12(19)13(20)17-18-8-15-16-9-18/h3-6,8-9,12H,1-2,7H2,(H,17,20)/t12-/m0/s1. The van der Waals surface area contributed by atoms with Gasteiger partial charge in [-0.05, 0) is 37.1 Å². The van der Waals surface area contributed by atoms with Crippen LogP contribution in [0, 0.1) is 5.82 Å². The van der Waals surface area contributed by atoms with Gasteiger partial charge in [-0.3, -0.25) is 10.2 Å². The first-order chi connectivity index (χ1) is 11.0. The van der Waals surface area contributed by atoms with Gasteiger partial charge in [-0.1, -0.05) is 0 Å². The molecule has 1 aliphatic rings. The monoisotopic (exact) mass is 339 g/mol. The summed E-state index contributed by atoms with van der Waals surface area (Å²) in [7, 11) is -3.86. The Morgan fingerprint density at radius 3 is 2.52 bits per heavy atom. The minimum Gasteiger partial charge on any atom is -0.271 e.